The normalized spacial score (nSPS) is 17.2. The van der Waals surface area contributed by atoms with Crippen molar-refractivity contribution in [3.05, 3.63) is 44.6 Å². The molecule has 5 nitrogen and oxygen atoms in total. The first-order valence-corrected chi connectivity index (χ1v) is 10.1. The Balaban J connectivity index is 1.61. The Hall–Kier alpha value is -1.66. The van der Waals surface area contributed by atoms with E-state index in [-0.39, 0.29) is 11.5 Å². The maximum atomic E-state index is 11.9. The second kappa shape index (κ2) is 8.15. The van der Waals surface area contributed by atoms with E-state index in [1.807, 2.05) is 25.2 Å². The van der Waals surface area contributed by atoms with Gasteiger partial charge in [-0.05, 0) is 30.7 Å². The van der Waals surface area contributed by atoms with Crippen LogP contribution in [0.3, 0.4) is 0 Å². The molecule has 1 unspecified atom stereocenters. The van der Waals surface area contributed by atoms with E-state index < -0.39 is 0 Å². The molecule has 0 saturated carbocycles. The minimum absolute atomic E-state index is 0.0577. The van der Waals surface area contributed by atoms with Gasteiger partial charge in [-0.15, -0.1) is 11.3 Å². The van der Waals surface area contributed by atoms with E-state index in [9.17, 15) is 4.79 Å². The van der Waals surface area contributed by atoms with E-state index in [0.717, 1.165) is 44.0 Å². The third-order valence-electron chi connectivity index (χ3n) is 4.84. The minimum Gasteiger partial charge on any atom is -0.356 e. The zero-order valence-corrected chi connectivity index (χ0v) is 16.1. The van der Waals surface area contributed by atoms with Crippen LogP contribution in [0.15, 0.2) is 28.4 Å². The number of hydrogen-bond acceptors (Lipinski definition) is 5. The van der Waals surface area contributed by atoms with Crippen molar-refractivity contribution in [3.8, 4) is 0 Å². The number of aromatic amines is 1. The molecule has 3 heterocycles. The molecule has 0 bridgehead atoms. The fourth-order valence-electron chi connectivity index (χ4n) is 3.35. The zero-order chi connectivity index (χ0) is 17.8. The van der Waals surface area contributed by atoms with Crippen LogP contribution in [0, 0.1) is 0 Å². The zero-order valence-electron chi connectivity index (χ0n) is 15.3. The molecule has 0 spiro atoms. The summed E-state index contributed by atoms with van der Waals surface area (Å²) in [6.45, 7) is 8.21. The van der Waals surface area contributed by atoms with Crippen LogP contribution in [0.1, 0.15) is 62.7 Å². The van der Waals surface area contributed by atoms with Crippen LogP contribution < -0.4 is 15.8 Å². The number of nitrogens with zero attached hydrogens (tertiary/aromatic N) is 2. The van der Waals surface area contributed by atoms with Crippen LogP contribution in [0.5, 0.6) is 0 Å². The maximum absolute atomic E-state index is 11.9. The number of hydrogen-bond donors (Lipinski definition) is 2. The third-order valence-corrected chi connectivity index (χ3v) is 5.83. The molecule has 1 atom stereocenters. The summed E-state index contributed by atoms with van der Waals surface area (Å²) in [6, 6.07) is 6.93. The molecule has 3 rings (SSSR count). The van der Waals surface area contributed by atoms with Gasteiger partial charge in [0.15, 0.2) is 0 Å². The van der Waals surface area contributed by atoms with Gasteiger partial charge in [-0.1, -0.05) is 26.8 Å². The van der Waals surface area contributed by atoms with Crippen molar-refractivity contribution in [2.24, 2.45) is 0 Å². The molecule has 1 fully saturated rings. The Bertz CT molecular complexity index is 717. The van der Waals surface area contributed by atoms with Gasteiger partial charge in [-0.3, -0.25) is 4.79 Å². The van der Waals surface area contributed by atoms with Crippen LogP contribution in [-0.4, -0.2) is 29.1 Å². The fraction of sp³-hybridized carbons (Fsp3) is 0.579. The van der Waals surface area contributed by atoms with Crippen molar-refractivity contribution < 1.29 is 0 Å². The highest BCUT2D eigenvalue weighted by Crippen LogP contribution is 2.25. The molecule has 0 aliphatic carbocycles. The highest BCUT2D eigenvalue weighted by Gasteiger charge is 2.23. The lowest BCUT2D eigenvalue weighted by Crippen LogP contribution is -2.44. The van der Waals surface area contributed by atoms with Crippen molar-refractivity contribution in [2.75, 3.05) is 18.0 Å². The van der Waals surface area contributed by atoms with Crippen LogP contribution in [0.4, 0.5) is 5.82 Å². The second-order valence-electron chi connectivity index (χ2n) is 7.05. The van der Waals surface area contributed by atoms with Crippen LogP contribution in [-0.2, 0) is 0 Å². The lowest BCUT2D eigenvalue weighted by molar-refractivity contribution is 0.366. The first-order chi connectivity index (χ1) is 12.1. The van der Waals surface area contributed by atoms with Crippen molar-refractivity contribution in [3.63, 3.8) is 0 Å². The molecule has 1 aliphatic heterocycles. The molecule has 0 aromatic carbocycles. The predicted molar refractivity (Wildman–Crippen MR) is 105 cm³/mol. The SMILES string of the molecule is CCC(NC1CCN(c2cc(=O)[nH]c(C(C)C)n2)CC1)c1cccs1. The van der Waals surface area contributed by atoms with Crippen molar-refractivity contribution in [1.29, 1.82) is 0 Å². The summed E-state index contributed by atoms with van der Waals surface area (Å²) in [7, 11) is 0. The Morgan fingerprint density at radius 3 is 2.76 bits per heavy atom. The van der Waals surface area contributed by atoms with Gasteiger partial charge in [-0.2, -0.15) is 0 Å². The Morgan fingerprint density at radius 1 is 1.40 bits per heavy atom. The van der Waals surface area contributed by atoms with Crippen molar-refractivity contribution in [2.45, 2.75) is 58.0 Å². The highest BCUT2D eigenvalue weighted by molar-refractivity contribution is 7.10. The summed E-state index contributed by atoms with van der Waals surface area (Å²) in [4.78, 5) is 23.1. The molecule has 0 radical (unpaired) electrons. The van der Waals surface area contributed by atoms with Crippen LogP contribution in [0.2, 0.25) is 0 Å². The van der Waals surface area contributed by atoms with Gasteiger partial charge in [0.25, 0.3) is 5.56 Å². The molecule has 25 heavy (non-hydrogen) atoms. The van der Waals surface area contributed by atoms with Crippen LogP contribution in [0.25, 0.3) is 0 Å². The average Bonchev–Trinajstić information content (AvgIpc) is 3.14. The van der Waals surface area contributed by atoms with E-state index >= 15 is 0 Å². The lowest BCUT2D eigenvalue weighted by Gasteiger charge is -2.35. The standard InChI is InChI=1S/C19H28N4OS/c1-4-15(16-6-5-11-25-16)20-14-7-9-23(10-8-14)17-12-18(24)22-19(21-17)13(2)3/h5-6,11-15,20H,4,7-10H2,1-3H3,(H,21,22,24). The number of nitrogens with one attached hydrogen (secondary N) is 2. The highest BCUT2D eigenvalue weighted by atomic mass is 32.1. The number of piperidine rings is 1. The fourth-order valence-corrected chi connectivity index (χ4v) is 4.22. The number of aromatic nitrogens is 2. The van der Waals surface area contributed by atoms with Gasteiger partial charge in [0.2, 0.25) is 0 Å². The molecule has 1 saturated heterocycles. The maximum Gasteiger partial charge on any atom is 0.252 e. The topological polar surface area (TPSA) is 61.0 Å². The molecule has 2 aromatic rings. The van der Waals surface area contributed by atoms with E-state index in [1.54, 1.807) is 6.07 Å². The predicted octanol–water partition coefficient (Wildman–Crippen LogP) is 3.66. The summed E-state index contributed by atoms with van der Waals surface area (Å²) < 4.78 is 0. The molecule has 2 aromatic heterocycles. The van der Waals surface area contributed by atoms with E-state index in [2.05, 4.69) is 44.6 Å². The third kappa shape index (κ3) is 4.50. The number of H-pyrrole nitrogens is 1. The molecule has 136 valence electrons. The van der Waals surface area contributed by atoms with E-state index in [1.165, 1.54) is 4.88 Å². The quantitative estimate of drug-likeness (QED) is 0.825. The van der Waals surface area contributed by atoms with E-state index in [0.29, 0.717) is 12.1 Å². The summed E-state index contributed by atoms with van der Waals surface area (Å²) >= 11 is 1.83. The monoisotopic (exact) mass is 360 g/mol. The van der Waals surface area contributed by atoms with Gasteiger partial charge < -0.3 is 15.2 Å². The molecule has 6 heteroatoms. The Kier molecular flexibility index (Phi) is 5.91. The summed E-state index contributed by atoms with van der Waals surface area (Å²) in [5.41, 5.74) is -0.0577. The van der Waals surface area contributed by atoms with Gasteiger partial charge in [0.05, 0.1) is 0 Å². The van der Waals surface area contributed by atoms with Gasteiger partial charge >= 0.3 is 0 Å². The largest absolute Gasteiger partial charge is 0.356 e. The Morgan fingerprint density at radius 2 is 2.16 bits per heavy atom. The second-order valence-corrected chi connectivity index (χ2v) is 8.03. The average molecular weight is 361 g/mol. The Labute approximate surface area is 153 Å². The van der Waals surface area contributed by atoms with Crippen LogP contribution >= 0.6 is 11.3 Å². The molecule has 1 aliphatic rings. The molecular formula is C19H28N4OS. The van der Waals surface area contributed by atoms with Gasteiger partial charge in [-0.25, -0.2) is 4.98 Å². The van der Waals surface area contributed by atoms with Gasteiger partial charge in [0.1, 0.15) is 11.6 Å². The minimum atomic E-state index is -0.0577. The first-order valence-electron chi connectivity index (χ1n) is 9.22. The number of anilines is 1. The summed E-state index contributed by atoms with van der Waals surface area (Å²) in [6.07, 6.45) is 3.26. The summed E-state index contributed by atoms with van der Waals surface area (Å²) in [5, 5.41) is 5.96. The summed E-state index contributed by atoms with van der Waals surface area (Å²) in [5.74, 6) is 1.81. The van der Waals surface area contributed by atoms with E-state index in [4.69, 9.17) is 0 Å². The lowest BCUT2D eigenvalue weighted by atomic mass is 10.0. The number of rotatable bonds is 6. The smallest absolute Gasteiger partial charge is 0.252 e. The van der Waals surface area contributed by atoms with Crippen molar-refractivity contribution in [1.82, 2.24) is 15.3 Å². The molecular weight excluding hydrogens is 332 g/mol. The molecule has 0 amide bonds. The van der Waals surface area contributed by atoms with Gasteiger partial charge in [0, 0.05) is 42.0 Å². The molecule has 2 N–H and O–H groups in total. The first kappa shape index (κ1) is 18.1. The van der Waals surface area contributed by atoms with Crippen molar-refractivity contribution >= 4 is 17.2 Å². The number of thiophene rings is 1.